The van der Waals surface area contributed by atoms with Crippen molar-refractivity contribution in [3.63, 3.8) is 0 Å². The monoisotopic (exact) mass is 301 g/mol. The first-order valence-corrected chi connectivity index (χ1v) is 8.03. The van der Waals surface area contributed by atoms with Crippen molar-refractivity contribution in [3.05, 3.63) is 70.7 Å². The lowest BCUT2D eigenvalue weighted by atomic mass is 9.92. The Kier molecular flexibility index (Phi) is 6.28. The fourth-order valence-electron chi connectivity index (χ4n) is 2.52. The molecule has 1 N–H and O–H groups in total. The van der Waals surface area contributed by atoms with E-state index in [0.717, 1.165) is 24.4 Å². The molecule has 2 heteroatoms. The molecule has 0 spiro atoms. The molecule has 0 amide bonds. The van der Waals surface area contributed by atoms with E-state index >= 15 is 0 Å². The highest BCUT2D eigenvalue weighted by atomic mass is 35.5. The van der Waals surface area contributed by atoms with Gasteiger partial charge in [-0.1, -0.05) is 67.9 Å². The third kappa shape index (κ3) is 5.91. The first kappa shape index (κ1) is 16.1. The van der Waals surface area contributed by atoms with Crippen LogP contribution in [0.25, 0.3) is 0 Å². The Morgan fingerprint density at radius 2 is 1.43 bits per heavy atom. The molecule has 1 nitrogen and oxygen atoms in total. The van der Waals surface area contributed by atoms with Crippen molar-refractivity contribution in [1.29, 1.82) is 0 Å². The van der Waals surface area contributed by atoms with Gasteiger partial charge in [-0.25, -0.2) is 0 Å². The van der Waals surface area contributed by atoms with Crippen molar-refractivity contribution in [2.45, 2.75) is 32.7 Å². The first-order chi connectivity index (χ1) is 10.1. The summed E-state index contributed by atoms with van der Waals surface area (Å²) in [4.78, 5) is 0. The molecule has 1 atom stereocenters. The zero-order valence-corrected chi connectivity index (χ0v) is 13.6. The van der Waals surface area contributed by atoms with Crippen molar-refractivity contribution in [2.24, 2.45) is 5.92 Å². The molecule has 0 saturated heterocycles. The summed E-state index contributed by atoms with van der Waals surface area (Å²) >= 11 is 5.97. The Morgan fingerprint density at radius 1 is 0.857 bits per heavy atom. The van der Waals surface area contributed by atoms with Crippen molar-refractivity contribution in [2.75, 3.05) is 6.54 Å². The van der Waals surface area contributed by atoms with E-state index in [-0.39, 0.29) is 0 Å². The van der Waals surface area contributed by atoms with Crippen LogP contribution in [0.4, 0.5) is 0 Å². The fraction of sp³-hybridized carbons (Fsp3) is 0.368. The average molecular weight is 302 g/mol. The molecule has 0 radical (unpaired) electrons. The van der Waals surface area contributed by atoms with Crippen LogP contribution in [-0.4, -0.2) is 12.6 Å². The van der Waals surface area contributed by atoms with Gasteiger partial charge in [0.25, 0.3) is 0 Å². The van der Waals surface area contributed by atoms with Crippen LogP contribution < -0.4 is 5.32 Å². The van der Waals surface area contributed by atoms with E-state index in [0.29, 0.717) is 12.0 Å². The Hall–Kier alpha value is -1.31. The topological polar surface area (TPSA) is 12.0 Å². The summed E-state index contributed by atoms with van der Waals surface area (Å²) < 4.78 is 0. The maximum atomic E-state index is 5.97. The van der Waals surface area contributed by atoms with Gasteiger partial charge >= 0.3 is 0 Å². The van der Waals surface area contributed by atoms with Crippen LogP contribution in [0.15, 0.2) is 54.6 Å². The molecule has 0 aromatic heterocycles. The molecule has 0 aliphatic carbocycles. The number of benzene rings is 2. The molecule has 0 aliphatic heterocycles. The van der Waals surface area contributed by atoms with Crippen molar-refractivity contribution < 1.29 is 0 Å². The lowest BCUT2D eigenvalue weighted by Gasteiger charge is -2.20. The quantitative estimate of drug-likeness (QED) is 0.779. The Labute approximate surface area is 133 Å². The zero-order chi connectivity index (χ0) is 15.1. The van der Waals surface area contributed by atoms with Crippen LogP contribution in [0.1, 0.15) is 25.0 Å². The third-order valence-corrected chi connectivity index (χ3v) is 3.87. The third-order valence-electron chi connectivity index (χ3n) is 3.62. The van der Waals surface area contributed by atoms with E-state index in [4.69, 9.17) is 11.6 Å². The molecule has 2 aromatic carbocycles. The van der Waals surface area contributed by atoms with Crippen LogP contribution in [-0.2, 0) is 12.8 Å². The molecule has 0 fully saturated rings. The van der Waals surface area contributed by atoms with Crippen LogP contribution in [0.3, 0.4) is 0 Å². The van der Waals surface area contributed by atoms with Gasteiger partial charge < -0.3 is 5.32 Å². The molecule has 0 heterocycles. The van der Waals surface area contributed by atoms with Crippen molar-refractivity contribution in [3.8, 4) is 0 Å². The van der Waals surface area contributed by atoms with E-state index in [1.807, 2.05) is 12.1 Å². The Balaban J connectivity index is 2.02. The second-order valence-corrected chi connectivity index (χ2v) is 6.39. The predicted octanol–water partition coefficient (Wildman–Crippen LogP) is 4.74. The standard InChI is InChI=1S/C19H24ClN/c1-15(2)21-14-18(12-16-6-4-3-5-7-16)13-17-8-10-19(20)11-9-17/h3-11,15,18,21H,12-14H2,1-2H3. The summed E-state index contributed by atoms with van der Waals surface area (Å²) in [6.07, 6.45) is 2.18. The number of rotatable bonds is 7. The molecule has 0 saturated carbocycles. The molecule has 21 heavy (non-hydrogen) atoms. The number of halogens is 1. The van der Waals surface area contributed by atoms with E-state index in [9.17, 15) is 0 Å². The van der Waals surface area contributed by atoms with Gasteiger partial charge in [0, 0.05) is 11.1 Å². The molecular formula is C19H24ClN. The molecule has 0 bridgehead atoms. The van der Waals surface area contributed by atoms with Crippen LogP contribution >= 0.6 is 11.6 Å². The second-order valence-electron chi connectivity index (χ2n) is 5.95. The summed E-state index contributed by atoms with van der Waals surface area (Å²) in [6, 6.07) is 19.5. The molecule has 112 valence electrons. The number of nitrogens with one attached hydrogen (secondary N) is 1. The maximum absolute atomic E-state index is 5.97. The van der Waals surface area contributed by atoms with E-state index in [1.165, 1.54) is 11.1 Å². The van der Waals surface area contributed by atoms with Crippen LogP contribution in [0, 0.1) is 5.92 Å². The molecule has 1 unspecified atom stereocenters. The molecular weight excluding hydrogens is 278 g/mol. The first-order valence-electron chi connectivity index (χ1n) is 7.65. The Bertz CT molecular complexity index is 519. The van der Waals surface area contributed by atoms with Gasteiger partial charge in [0.2, 0.25) is 0 Å². The number of hydrogen-bond donors (Lipinski definition) is 1. The van der Waals surface area contributed by atoms with Gasteiger partial charge in [-0.05, 0) is 48.6 Å². The summed E-state index contributed by atoms with van der Waals surface area (Å²) in [5.74, 6) is 0.593. The van der Waals surface area contributed by atoms with E-state index < -0.39 is 0 Å². The van der Waals surface area contributed by atoms with Gasteiger partial charge in [0.05, 0.1) is 0 Å². The minimum Gasteiger partial charge on any atom is -0.314 e. The van der Waals surface area contributed by atoms with Gasteiger partial charge in [-0.2, -0.15) is 0 Å². The number of hydrogen-bond acceptors (Lipinski definition) is 1. The van der Waals surface area contributed by atoms with Crippen LogP contribution in [0.5, 0.6) is 0 Å². The van der Waals surface area contributed by atoms with Crippen LogP contribution in [0.2, 0.25) is 5.02 Å². The fourth-order valence-corrected chi connectivity index (χ4v) is 2.65. The molecule has 2 aromatic rings. The lowest BCUT2D eigenvalue weighted by molar-refractivity contribution is 0.444. The minimum absolute atomic E-state index is 0.522. The highest BCUT2D eigenvalue weighted by Gasteiger charge is 2.11. The van der Waals surface area contributed by atoms with Gasteiger partial charge in [-0.3, -0.25) is 0 Å². The summed E-state index contributed by atoms with van der Waals surface area (Å²) in [5.41, 5.74) is 2.76. The van der Waals surface area contributed by atoms with Gasteiger partial charge in [0.1, 0.15) is 0 Å². The smallest absolute Gasteiger partial charge is 0.0406 e. The predicted molar refractivity (Wildman–Crippen MR) is 91.9 cm³/mol. The van der Waals surface area contributed by atoms with Crippen molar-refractivity contribution in [1.82, 2.24) is 5.32 Å². The van der Waals surface area contributed by atoms with E-state index in [2.05, 4.69) is 61.6 Å². The second kappa shape index (κ2) is 8.21. The van der Waals surface area contributed by atoms with Crippen molar-refractivity contribution >= 4 is 11.6 Å². The van der Waals surface area contributed by atoms with Gasteiger partial charge in [-0.15, -0.1) is 0 Å². The largest absolute Gasteiger partial charge is 0.314 e. The summed E-state index contributed by atoms with van der Waals surface area (Å²) in [6.45, 7) is 5.43. The normalized spacial score (nSPS) is 12.6. The highest BCUT2D eigenvalue weighted by molar-refractivity contribution is 6.30. The SMILES string of the molecule is CC(C)NCC(Cc1ccccc1)Cc1ccc(Cl)cc1. The molecule has 2 rings (SSSR count). The summed E-state index contributed by atoms with van der Waals surface area (Å²) in [7, 11) is 0. The van der Waals surface area contributed by atoms with E-state index in [1.54, 1.807) is 0 Å². The molecule has 0 aliphatic rings. The average Bonchev–Trinajstić information content (AvgIpc) is 2.48. The lowest BCUT2D eigenvalue weighted by Crippen LogP contribution is -2.31. The maximum Gasteiger partial charge on any atom is 0.0406 e. The summed E-state index contributed by atoms with van der Waals surface area (Å²) in [5, 5.41) is 4.38. The Morgan fingerprint density at radius 3 is 2.00 bits per heavy atom. The highest BCUT2D eigenvalue weighted by Crippen LogP contribution is 2.17. The zero-order valence-electron chi connectivity index (χ0n) is 12.9. The van der Waals surface area contributed by atoms with Gasteiger partial charge in [0.15, 0.2) is 0 Å². The minimum atomic E-state index is 0.522.